The maximum Gasteiger partial charge on any atom is 0.222 e. The summed E-state index contributed by atoms with van der Waals surface area (Å²) in [6, 6.07) is 4.14. The highest BCUT2D eigenvalue weighted by molar-refractivity contribution is 9.11. The molecule has 0 aromatic carbocycles. The van der Waals surface area contributed by atoms with Crippen LogP contribution >= 0.6 is 27.3 Å². The number of hydrogen-bond donors (Lipinski definition) is 1. The Kier molecular flexibility index (Phi) is 5.31. The molecular formula is C13H17BrN4OS. The first-order valence-corrected chi connectivity index (χ1v) is 8.01. The summed E-state index contributed by atoms with van der Waals surface area (Å²) in [6.07, 6.45) is 2.36. The minimum absolute atomic E-state index is 0.128. The van der Waals surface area contributed by atoms with E-state index in [1.807, 2.05) is 13.0 Å². The van der Waals surface area contributed by atoms with Gasteiger partial charge in [0.15, 0.2) is 5.82 Å². The van der Waals surface area contributed by atoms with Crippen molar-refractivity contribution in [3.8, 4) is 0 Å². The number of H-pyrrole nitrogens is 1. The molecule has 108 valence electrons. The Morgan fingerprint density at radius 2 is 2.30 bits per heavy atom. The van der Waals surface area contributed by atoms with Gasteiger partial charge < -0.3 is 4.90 Å². The number of carbonyl (C=O) groups is 1. The van der Waals surface area contributed by atoms with Crippen LogP contribution in [0.5, 0.6) is 0 Å². The molecule has 5 nitrogen and oxygen atoms in total. The van der Waals surface area contributed by atoms with E-state index in [9.17, 15) is 4.79 Å². The lowest BCUT2D eigenvalue weighted by molar-refractivity contribution is -0.130. The fourth-order valence-electron chi connectivity index (χ4n) is 1.85. The zero-order valence-electron chi connectivity index (χ0n) is 11.5. The molecule has 0 aliphatic heterocycles. The average Bonchev–Trinajstić information content (AvgIpc) is 2.98. The van der Waals surface area contributed by atoms with Crippen LogP contribution in [0.3, 0.4) is 0 Å². The summed E-state index contributed by atoms with van der Waals surface area (Å²) in [5.74, 6) is 1.55. The fourth-order valence-corrected chi connectivity index (χ4v) is 3.38. The van der Waals surface area contributed by atoms with Crippen LogP contribution in [0.15, 0.2) is 15.9 Å². The third kappa shape index (κ3) is 4.42. The number of halogens is 1. The van der Waals surface area contributed by atoms with E-state index in [0.717, 1.165) is 22.5 Å². The van der Waals surface area contributed by atoms with Crippen LogP contribution in [-0.4, -0.2) is 33.0 Å². The molecule has 2 rings (SSSR count). The molecule has 0 spiro atoms. The molecule has 20 heavy (non-hydrogen) atoms. The van der Waals surface area contributed by atoms with Crippen molar-refractivity contribution in [3.63, 3.8) is 0 Å². The SMILES string of the molecule is Cc1nc(CN(C)C(=O)CCCc2ccc(Br)s2)n[nH]1. The molecule has 1 N–H and O–H groups in total. The Balaban J connectivity index is 1.73. The van der Waals surface area contributed by atoms with Gasteiger partial charge in [0.1, 0.15) is 5.82 Å². The summed E-state index contributed by atoms with van der Waals surface area (Å²) in [5, 5.41) is 6.81. The number of rotatable bonds is 6. The third-order valence-electron chi connectivity index (χ3n) is 2.89. The highest BCUT2D eigenvalue weighted by Crippen LogP contribution is 2.23. The van der Waals surface area contributed by atoms with Crippen molar-refractivity contribution in [1.29, 1.82) is 0 Å². The van der Waals surface area contributed by atoms with Gasteiger partial charge in [0.25, 0.3) is 0 Å². The van der Waals surface area contributed by atoms with Gasteiger partial charge in [0.2, 0.25) is 5.91 Å². The van der Waals surface area contributed by atoms with Gasteiger partial charge in [0, 0.05) is 18.3 Å². The van der Waals surface area contributed by atoms with E-state index in [1.165, 1.54) is 4.88 Å². The smallest absolute Gasteiger partial charge is 0.222 e. The largest absolute Gasteiger partial charge is 0.338 e. The number of aromatic amines is 1. The number of thiophene rings is 1. The molecule has 0 radical (unpaired) electrons. The molecule has 1 amide bonds. The van der Waals surface area contributed by atoms with E-state index < -0.39 is 0 Å². The summed E-state index contributed by atoms with van der Waals surface area (Å²) in [7, 11) is 1.79. The predicted molar refractivity (Wildman–Crippen MR) is 82.6 cm³/mol. The minimum atomic E-state index is 0.128. The van der Waals surface area contributed by atoms with Gasteiger partial charge in [-0.15, -0.1) is 11.3 Å². The van der Waals surface area contributed by atoms with E-state index >= 15 is 0 Å². The standard InChI is InChI=1S/C13H17BrN4OS/c1-9-15-12(17-16-9)8-18(2)13(19)5-3-4-10-6-7-11(14)20-10/h6-7H,3-5,8H2,1-2H3,(H,15,16,17). The zero-order valence-corrected chi connectivity index (χ0v) is 13.9. The van der Waals surface area contributed by atoms with Gasteiger partial charge in [0.05, 0.1) is 10.3 Å². The van der Waals surface area contributed by atoms with Crippen LogP contribution in [0.4, 0.5) is 0 Å². The van der Waals surface area contributed by atoms with E-state index in [-0.39, 0.29) is 5.91 Å². The maximum atomic E-state index is 12.0. The van der Waals surface area contributed by atoms with E-state index in [0.29, 0.717) is 18.8 Å². The van der Waals surface area contributed by atoms with E-state index in [2.05, 4.69) is 37.2 Å². The highest BCUT2D eigenvalue weighted by atomic mass is 79.9. The topological polar surface area (TPSA) is 61.9 Å². The van der Waals surface area contributed by atoms with Gasteiger partial charge in [-0.05, 0) is 47.8 Å². The van der Waals surface area contributed by atoms with Gasteiger partial charge >= 0.3 is 0 Å². The Morgan fingerprint density at radius 3 is 2.90 bits per heavy atom. The Morgan fingerprint density at radius 1 is 1.50 bits per heavy atom. The normalized spacial score (nSPS) is 10.8. The van der Waals surface area contributed by atoms with Crippen molar-refractivity contribution >= 4 is 33.2 Å². The lowest BCUT2D eigenvalue weighted by Gasteiger charge is -2.14. The van der Waals surface area contributed by atoms with Crippen LogP contribution in [0.25, 0.3) is 0 Å². The van der Waals surface area contributed by atoms with Crippen LogP contribution in [0, 0.1) is 6.92 Å². The number of aromatic nitrogens is 3. The van der Waals surface area contributed by atoms with Crippen molar-refractivity contribution in [2.45, 2.75) is 32.7 Å². The summed E-state index contributed by atoms with van der Waals surface area (Å²) in [4.78, 5) is 19.2. The maximum absolute atomic E-state index is 12.0. The number of hydrogen-bond acceptors (Lipinski definition) is 4. The average molecular weight is 357 g/mol. The molecule has 0 aliphatic carbocycles. The van der Waals surface area contributed by atoms with Crippen molar-refractivity contribution < 1.29 is 4.79 Å². The monoisotopic (exact) mass is 356 g/mol. The van der Waals surface area contributed by atoms with Crippen LogP contribution in [0.1, 0.15) is 29.4 Å². The van der Waals surface area contributed by atoms with E-state index in [4.69, 9.17) is 0 Å². The number of nitrogens with zero attached hydrogens (tertiary/aromatic N) is 3. The van der Waals surface area contributed by atoms with Crippen molar-refractivity contribution in [2.75, 3.05) is 7.05 Å². The number of carbonyl (C=O) groups excluding carboxylic acids is 1. The second-order valence-corrected chi connectivity index (χ2v) is 7.19. The Labute approximate surface area is 130 Å². The molecular weight excluding hydrogens is 340 g/mol. The summed E-state index contributed by atoms with van der Waals surface area (Å²) in [6.45, 7) is 2.30. The Hall–Kier alpha value is -1.21. The van der Waals surface area contributed by atoms with Gasteiger partial charge in [-0.25, -0.2) is 4.98 Å². The van der Waals surface area contributed by atoms with E-state index in [1.54, 1.807) is 23.3 Å². The van der Waals surface area contributed by atoms with Crippen LogP contribution in [0.2, 0.25) is 0 Å². The molecule has 2 aromatic rings. The van der Waals surface area contributed by atoms with Crippen molar-refractivity contribution in [3.05, 3.63) is 32.4 Å². The van der Waals surface area contributed by atoms with Crippen molar-refractivity contribution in [1.82, 2.24) is 20.1 Å². The molecule has 0 unspecified atom stereocenters. The summed E-state index contributed by atoms with van der Waals surface area (Å²) >= 11 is 5.16. The Bertz CT molecular complexity index is 580. The second-order valence-electron chi connectivity index (χ2n) is 4.65. The first kappa shape index (κ1) is 15.2. The first-order chi connectivity index (χ1) is 9.54. The zero-order chi connectivity index (χ0) is 14.5. The van der Waals surface area contributed by atoms with Gasteiger partial charge in [-0.2, -0.15) is 5.10 Å². The molecule has 0 saturated carbocycles. The summed E-state index contributed by atoms with van der Waals surface area (Å²) < 4.78 is 1.14. The third-order valence-corrected chi connectivity index (χ3v) is 4.57. The molecule has 0 fully saturated rings. The van der Waals surface area contributed by atoms with Crippen LogP contribution in [-0.2, 0) is 17.8 Å². The number of nitrogens with one attached hydrogen (secondary N) is 1. The number of amides is 1. The van der Waals surface area contributed by atoms with Gasteiger partial charge in [-0.1, -0.05) is 0 Å². The molecule has 2 heterocycles. The lowest BCUT2D eigenvalue weighted by Crippen LogP contribution is -2.26. The highest BCUT2D eigenvalue weighted by Gasteiger charge is 2.11. The number of aryl methyl sites for hydroxylation is 2. The molecule has 2 aromatic heterocycles. The summed E-state index contributed by atoms with van der Waals surface area (Å²) in [5.41, 5.74) is 0. The molecule has 7 heteroatoms. The quantitative estimate of drug-likeness (QED) is 0.865. The molecule has 0 bridgehead atoms. The fraction of sp³-hybridized carbons (Fsp3) is 0.462. The molecule has 0 atom stereocenters. The molecule has 0 aliphatic rings. The van der Waals surface area contributed by atoms with Gasteiger partial charge in [-0.3, -0.25) is 9.89 Å². The molecule has 0 saturated heterocycles. The first-order valence-electron chi connectivity index (χ1n) is 6.40. The van der Waals surface area contributed by atoms with Crippen molar-refractivity contribution in [2.24, 2.45) is 0 Å². The predicted octanol–water partition coefficient (Wildman–Crippen LogP) is 2.92. The lowest BCUT2D eigenvalue weighted by atomic mass is 10.2. The minimum Gasteiger partial charge on any atom is -0.338 e. The van der Waals surface area contributed by atoms with Crippen LogP contribution < -0.4 is 0 Å². The second kappa shape index (κ2) is 6.99.